The molecule has 1 unspecified atom stereocenters. The first-order chi connectivity index (χ1) is 14.6. The zero-order chi connectivity index (χ0) is 22.9. The second kappa shape index (κ2) is 8.02. The first-order valence-electron chi connectivity index (χ1n) is 8.61. The molecule has 158 valence electrons. The highest BCUT2D eigenvalue weighted by Crippen LogP contribution is 2.39. The van der Waals surface area contributed by atoms with Gasteiger partial charge in [-0.25, -0.2) is 0 Å². The van der Waals surface area contributed by atoms with Gasteiger partial charge < -0.3 is 15.1 Å². The van der Waals surface area contributed by atoms with Crippen molar-refractivity contribution in [2.24, 2.45) is 0 Å². The summed E-state index contributed by atoms with van der Waals surface area (Å²) in [4.78, 5) is 57.4. The smallest absolute Gasteiger partial charge is 0.323 e. The van der Waals surface area contributed by atoms with E-state index in [9.17, 15) is 39.7 Å². The number of nitro benzene ring substituents is 2. The molecular formula is C19H13N3O9. The van der Waals surface area contributed by atoms with Crippen LogP contribution in [0.3, 0.4) is 0 Å². The number of aliphatic carboxylic acids is 1. The number of ketones is 1. The van der Waals surface area contributed by atoms with Gasteiger partial charge in [0.05, 0.1) is 21.5 Å². The number of non-ortho nitro benzene ring substituents is 2. The third kappa shape index (κ3) is 3.94. The fourth-order valence-corrected chi connectivity index (χ4v) is 3.21. The van der Waals surface area contributed by atoms with Crippen molar-refractivity contribution in [3.8, 4) is 0 Å². The van der Waals surface area contributed by atoms with Crippen LogP contribution in [0.4, 0.5) is 11.4 Å². The summed E-state index contributed by atoms with van der Waals surface area (Å²) in [7, 11) is 0. The van der Waals surface area contributed by atoms with E-state index in [2.05, 4.69) is 0 Å². The Morgan fingerprint density at radius 3 is 1.84 bits per heavy atom. The molecule has 1 aliphatic heterocycles. The maximum Gasteiger partial charge on any atom is 0.323 e. The number of nitro groups is 2. The molecule has 1 atom stereocenters. The van der Waals surface area contributed by atoms with Crippen molar-refractivity contribution in [1.82, 2.24) is 4.90 Å². The number of carbonyl (C=O) groups is 3. The van der Waals surface area contributed by atoms with Gasteiger partial charge in [0, 0.05) is 29.8 Å². The highest BCUT2D eigenvalue weighted by Gasteiger charge is 2.46. The summed E-state index contributed by atoms with van der Waals surface area (Å²) < 4.78 is 0. The molecule has 31 heavy (non-hydrogen) atoms. The number of carboxylic acid groups (broad SMARTS) is 1. The Labute approximate surface area is 172 Å². The van der Waals surface area contributed by atoms with Crippen LogP contribution in [0.25, 0.3) is 5.76 Å². The number of carboxylic acids is 1. The molecule has 0 saturated carbocycles. The van der Waals surface area contributed by atoms with E-state index >= 15 is 0 Å². The van der Waals surface area contributed by atoms with Gasteiger partial charge in [-0.2, -0.15) is 0 Å². The lowest BCUT2D eigenvalue weighted by Gasteiger charge is -2.23. The molecule has 3 rings (SSSR count). The lowest BCUT2D eigenvalue weighted by molar-refractivity contribution is -0.385. The third-order valence-corrected chi connectivity index (χ3v) is 4.62. The van der Waals surface area contributed by atoms with Crippen LogP contribution in [0.5, 0.6) is 0 Å². The monoisotopic (exact) mass is 427 g/mol. The predicted octanol–water partition coefficient (Wildman–Crippen LogP) is 2.01. The fraction of sp³-hybridized carbons (Fsp3) is 0.105. The second-order valence-corrected chi connectivity index (χ2v) is 6.47. The topological polar surface area (TPSA) is 181 Å². The average molecular weight is 427 g/mol. The number of amides is 1. The Kier molecular flexibility index (Phi) is 5.46. The molecule has 1 saturated heterocycles. The van der Waals surface area contributed by atoms with E-state index in [1.54, 1.807) is 0 Å². The van der Waals surface area contributed by atoms with Crippen molar-refractivity contribution in [3.05, 3.63) is 85.5 Å². The van der Waals surface area contributed by atoms with Gasteiger partial charge in [-0.15, -0.1) is 0 Å². The van der Waals surface area contributed by atoms with E-state index in [-0.39, 0.29) is 22.5 Å². The lowest BCUT2D eigenvalue weighted by atomic mass is 9.95. The molecule has 0 spiro atoms. The Morgan fingerprint density at radius 1 is 0.903 bits per heavy atom. The Hall–Kier alpha value is -4.61. The fourth-order valence-electron chi connectivity index (χ4n) is 3.21. The maximum absolute atomic E-state index is 12.6. The minimum absolute atomic E-state index is 0.00848. The average Bonchev–Trinajstić information content (AvgIpc) is 2.97. The van der Waals surface area contributed by atoms with Crippen molar-refractivity contribution in [1.29, 1.82) is 0 Å². The molecular weight excluding hydrogens is 414 g/mol. The van der Waals surface area contributed by atoms with E-state index in [0.29, 0.717) is 0 Å². The number of Topliss-reactive ketones (excluding diaryl/α,β-unsaturated/α-hetero) is 1. The normalized spacial score (nSPS) is 17.5. The van der Waals surface area contributed by atoms with Crippen LogP contribution in [0.2, 0.25) is 0 Å². The highest BCUT2D eigenvalue weighted by atomic mass is 16.6. The molecule has 0 bridgehead atoms. The van der Waals surface area contributed by atoms with E-state index < -0.39 is 51.4 Å². The highest BCUT2D eigenvalue weighted by molar-refractivity contribution is 6.46. The van der Waals surface area contributed by atoms with Crippen LogP contribution in [0.15, 0.2) is 54.1 Å². The van der Waals surface area contributed by atoms with Gasteiger partial charge in [-0.1, -0.05) is 0 Å². The summed E-state index contributed by atoms with van der Waals surface area (Å²) in [5, 5.41) is 41.6. The number of carbonyl (C=O) groups excluding carboxylic acids is 2. The van der Waals surface area contributed by atoms with Gasteiger partial charge >= 0.3 is 5.97 Å². The van der Waals surface area contributed by atoms with Crippen LogP contribution >= 0.6 is 0 Å². The van der Waals surface area contributed by atoms with Crippen LogP contribution < -0.4 is 0 Å². The van der Waals surface area contributed by atoms with Crippen LogP contribution in [-0.4, -0.2) is 49.2 Å². The molecule has 2 aromatic rings. The number of hydrogen-bond donors (Lipinski definition) is 2. The van der Waals surface area contributed by atoms with Crippen LogP contribution in [0.1, 0.15) is 17.2 Å². The summed E-state index contributed by atoms with van der Waals surface area (Å²) in [5.41, 5.74) is -0.821. The molecule has 2 N–H and O–H groups in total. The van der Waals surface area contributed by atoms with Crippen LogP contribution in [0, 0.1) is 20.2 Å². The van der Waals surface area contributed by atoms with Crippen molar-refractivity contribution in [3.63, 3.8) is 0 Å². The summed E-state index contributed by atoms with van der Waals surface area (Å²) in [5.74, 6) is -4.40. The summed E-state index contributed by atoms with van der Waals surface area (Å²) in [6.45, 7) is -0.858. The molecule has 12 heteroatoms. The lowest BCUT2D eigenvalue weighted by Crippen LogP contribution is -2.34. The number of rotatable bonds is 6. The predicted molar refractivity (Wildman–Crippen MR) is 103 cm³/mol. The molecule has 0 radical (unpaired) electrons. The van der Waals surface area contributed by atoms with Crippen LogP contribution in [-0.2, 0) is 14.4 Å². The second-order valence-electron chi connectivity index (χ2n) is 6.47. The minimum Gasteiger partial charge on any atom is -0.507 e. The van der Waals surface area contributed by atoms with Gasteiger partial charge in [0.15, 0.2) is 0 Å². The van der Waals surface area contributed by atoms with Gasteiger partial charge in [0.2, 0.25) is 0 Å². The first kappa shape index (κ1) is 21.1. The molecule has 1 aliphatic rings. The quantitative estimate of drug-likeness (QED) is 0.229. The van der Waals surface area contributed by atoms with E-state index in [0.717, 1.165) is 29.2 Å². The van der Waals surface area contributed by atoms with Gasteiger partial charge in [-0.05, 0) is 29.8 Å². The largest absolute Gasteiger partial charge is 0.507 e. The molecule has 1 fully saturated rings. The van der Waals surface area contributed by atoms with Gasteiger partial charge in [0.1, 0.15) is 12.3 Å². The molecule has 1 amide bonds. The zero-order valence-electron chi connectivity index (χ0n) is 15.5. The molecule has 12 nitrogen and oxygen atoms in total. The number of aliphatic hydroxyl groups is 1. The summed E-state index contributed by atoms with van der Waals surface area (Å²) in [6, 6.07) is 7.90. The minimum atomic E-state index is -1.41. The molecule has 2 aromatic carbocycles. The molecule has 1 heterocycles. The van der Waals surface area contributed by atoms with E-state index in [1.807, 2.05) is 0 Å². The first-order valence-corrected chi connectivity index (χ1v) is 8.61. The van der Waals surface area contributed by atoms with Gasteiger partial charge in [-0.3, -0.25) is 34.6 Å². The maximum atomic E-state index is 12.6. The Bertz CT molecular complexity index is 1140. The van der Waals surface area contributed by atoms with Crippen molar-refractivity contribution in [2.75, 3.05) is 6.54 Å². The number of hydrogen-bond acceptors (Lipinski definition) is 8. The third-order valence-electron chi connectivity index (χ3n) is 4.62. The van der Waals surface area contributed by atoms with E-state index in [1.165, 1.54) is 24.3 Å². The van der Waals surface area contributed by atoms with Gasteiger partial charge in [0.25, 0.3) is 23.1 Å². The molecule has 0 aromatic heterocycles. The number of benzene rings is 2. The number of aliphatic hydroxyl groups excluding tert-OH is 1. The number of likely N-dealkylation sites (tertiary alicyclic amines) is 1. The standard InChI is InChI=1S/C19H13N3O9/c23-14(24)9-20-16(10-1-5-12(6-2-10)21(28)29)15(18(26)19(20)27)17(25)11-3-7-13(8-4-11)22(30)31/h1-8,16,25H,9H2,(H,23,24)/b17-15+. The van der Waals surface area contributed by atoms with Crippen molar-refractivity contribution >= 4 is 34.8 Å². The Balaban J connectivity index is 2.16. The SMILES string of the molecule is O=C(O)CN1C(=O)C(=O)/C(=C(/O)c2ccc([N+](=O)[O-])cc2)C1c1ccc([N+](=O)[O-])cc1. The number of nitrogens with zero attached hydrogens (tertiary/aromatic N) is 3. The summed E-state index contributed by atoms with van der Waals surface area (Å²) in [6.07, 6.45) is 0. The van der Waals surface area contributed by atoms with Crippen molar-refractivity contribution in [2.45, 2.75) is 6.04 Å². The van der Waals surface area contributed by atoms with E-state index in [4.69, 9.17) is 5.11 Å². The summed E-state index contributed by atoms with van der Waals surface area (Å²) >= 11 is 0. The Morgan fingerprint density at radius 2 is 1.39 bits per heavy atom. The van der Waals surface area contributed by atoms with Crippen molar-refractivity contribution < 1.29 is 34.4 Å². The zero-order valence-corrected chi connectivity index (χ0v) is 15.5. The molecule has 0 aliphatic carbocycles.